The largest absolute Gasteiger partial charge is 0.433 e. The van der Waals surface area contributed by atoms with E-state index in [1.165, 1.54) is 18.7 Å². The molecule has 0 spiro atoms. The van der Waals surface area contributed by atoms with Crippen LogP contribution in [0.3, 0.4) is 0 Å². The average Bonchev–Trinajstić information content (AvgIpc) is 2.45. The van der Waals surface area contributed by atoms with E-state index in [0.717, 1.165) is 19.5 Å². The van der Waals surface area contributed by atoms with Crippen molar-refractivity contribution in [3.63, 3.8) is 0 Å². The maximum Gasteiger partial charge on any atom is 0.387 e. The van der Waals surface area contributed by atoms with Crippen LogP contribution in [0.15, 0.2) is 23.3 Å². The summed E-state index contributed by atoms with van der Waals surface area (Å²) in [5.74, 6) is 1.17. The van der Waals surface area contributed by atoms with Crippen molar-refractivity contribution in [1.82, 2.24) is 9.88 Å². The van der Waals surface area contributed by atoms with E-state index in [1.54, 1.807) is 6.07 Å². The fourth-order valence-corrected chi connectivity index (χ4v) is 2.34. The van der Waals surface area contributed by atoms with Gasteiger partial charge in [-0.3, -0.25) is 4.98 Å². The Morgan fingerprint density at radius 3 is 2.91 bits per heavy atom. The normalized spacial score (nSPS) is 19.0. The summed E-state index contributed by atoms with van der Waals surface area (Å²) in [5.41, 5.74) is 6.64. The highest BCUT2D eigenvalue weighted by molar-refractivity contribution is 14.0. The lowest BCUT2D eigenvalue weighted by molar-refractivity contribution is -0.0500. The average molecular weight is 426 g/mol. The number of guanidine groups is 1. The summed E-state index contributed by atoms with van der Waals surface area (Å²) < 4.78 is 28.3. The molecular weight excluding hydrogens is 405 g/mol. The van der Waals surface area contributed by atoms with Crippen molar-refractivity contribution in [3.8, 4) is 5.75 Å². The van der Waals surface area contributed by atoms with Crippen molar-refractivity contribution in [2.75, 3.05) is 13.1 Å². The highest BCUT2D eigenvalue weighted by Crippen LogP contribution is 2.15. The first-order chi connectivity index (χ1) is 10.0. The van der Waals surface area contributed by atoms with Gasteiger partial charge in [-0.1, -0.05) is 6.92 Å². The summed E-state index contributed by atoms with van der Waals surface area (Å²) in [6, 6.07) is 3.05. The molecule has 5 nitrogen and oxygen atoms in total. The third kappa shape index (κ3) is 5.90. The summed E-state index contributed by atoms with van der Waals surface area (Å²) in [6.45, 7) is 1.53. The molecule has 1 fully saturated rings. The van der Waals surface area contributed by atoms with Gasteiger partial charge in [-0.05, 0) is 30.9 Å². The molecule has 8 heteroatoms. The Bertz CT molecular complexity index is 484. The number of nitrogens with zero attached hydrogens (tertiary/aromatic N) is 3. The third-order valence-corrected chi connectivity index (χ3v) is 3.41. The molecule has 0 amide bonds. The SMILES string of the molecule is CC1CCCN(C(N)=NCc2ccc(OC(F)F)cn2)C1.I. The Morgan fingerprint density at radius 1 is 1.55 bits per heavy atom. The van der Waals surface area contributed by atoms with Gasteiger partial charge in [0.2, 0.25) is 0 Å². The summed E-state index contributed by atoms with van der Waals surface area (Å²) in [6.07, 6.45) is 3.60. The molecule has 0 bridgehead atoms. The van der Waals surface area contributed by atoms with Crippen LogP contribution in [0.5, 0.6) is 5.75 Å². The van der Waals surface area contributed by atoms with Crippen molar-refractivity contribution in [2.45, 2.75) is 32.9 Å². The van der Waals surface area contributed by atoms with E-state index < -0.39 is 6.61 Å². The number of ether oxygens (including phenoxy) is 1. The van der Waals surface area contributed by atoms with Crippen LogP contribution in [0.25, 0.3) is 0 Å². The topological polar surface area (TPSA) is 63.7 Å². The molecule has 0 aromatic carbocycles. The molecule has 2 N–H and O–H groups in total. The summed E-state index contributed by atoms with van der Waals surface area (Å²) in [4.78, 5) is 10.4. The number of pyridine rings is 1. The van der Waals surface area contributed by atoms with Crippen LogP contribution in [0.4, 0.5) is 8.78 Å². The summed E-state index contributed by atoms with van der Waals surface area (Å²) >= 11 is 0. The highest BCUT2D eigenvalue weighted by Gasteiger charge is 2.17. The maximum atomic E-state index is 12.0. The molecule has 1 aromatic rings. The number of hydrogen-bond acceptors (Lipinski definition) is 3. The Balaban J connectivity index is 0.00000242. The lowest BCUT2D eigenvalue weighted by Crippen LogP contribution is -2.43. The summed E-state index contributed by atoms with van der Waals surface area (Å²) in [7, 11) is 0. The number of aliphatic imine (C=N–C) groups is 1. The maximum absolute atomic E-state index is 12.0. The van der Waals surface area contributed by atoms with E-state index in [2.05, 4.69) is 26.5 Å². The second-order valence-corrected chi connectivity index (χ2v) is 5.23. The molecule has 0 aliphatic carbocycles. The van der Waals surface area contributed by atoms with Crippen LogP contribution in [0, 0.1) is 5.92 Å². The predicted molar refractivity (Wildman–Crippen MR) is 91.6 cm³/mol. The molecule has 0 radical (unpaired) electrons. The second kappa shape index (κ2) is 9.06. The molecule has 2 rings (SSSR count). The molecule has 1 aliphatic heterocycles. The lowest BCUT2D eigenvalue weighted by Gasteiger charge is -2.31. The molecule has 124 valence electrons. The van der Waals surface area contributed by atoms with Gasteiger partial charge in [0, 0.05) is 13.1 Å². The molecule has 2 heterocycles. The van der Waals surface area contributed by atoms with Crippen LogP contribution in [0.1, 0.15) is 25.5 Å². The van der Waals surface area contributed by atoms with Crippen molar-refractivity contribution in [3.05, 3.63) is 24.0 Å². The number of halogens is 3. The number of nitrogens with two attached hydrogens (primary N) is 1. The van der Waals surface area contributed by atoms with E-state index in [1.807, 2.05) is 0 Å². The minimum Gasteiger partial charge on any atom is -0.433 e. The van der Waals surface area contributed by atoms with E-state index in [9.17, 15) is 8.78 Å². The van der Waals surface area contributed by atoms with Gasteiger partial charge in [0.15, 0.2) is 5.96 Å². The number of likely N-dealkylation sites (tertiary alicyclic amines) is 1. The number of rotatable bonds is 4. The minimum atomic E-state index is -2.84. The fourth-order valence-electron chi connectivity index (χ4n) is 2.34. The molecule has 0 saturated carbocycles. The van der Waals surface area contributed by atoms with Gasteiger partial charge in [-0.2, -0.15) is 8.78 Å². The Kier molecular flexibility index (Phi) is 7.77. The van der Waals surface area contributed by atoms with Gasteiger partial charge in [-0.25, -0.2) is 4.99 Å². The molecule has 1 atom stereocenters. The zero-order valence-corrected chi connectivity index (χ0v) is 14.7. The zero-order valence-electron chi connectivity index (χ0n) is 12.4. The van der Waals surface area contributed by atoms with Crippen LogP contribution in [0.2, 0.25) is 0 Å². The van der Waals surface area contributed by atoms with Crippen molar-refractivity contribution >= 4 is 29.9 Å². The standard InChI is InChI=1S/C14H20F2N4O.HI/c1-10-3-2-6-20(9-10)14(17)19-7-11-4-5-12(8-18-11)21-13(15)16;/h4-5,8,10,13H,2-3,6-7,9H2,1H3,(H2,17,19);1H. The van der Waals surface area contributed by atoms with E-state index in [-0.39, 0.29) is 29.7 Å². The molecule has 1 saturated heterocycles. The molecule has 1 aliphatic rings. The van der Waals surface area contributed by atoms with Crippen molar-refractivity contribution in [1.29, 1.82) is 0 Å². The minimum absolute atomic E-state index is 0. The Morgan fingerprint density at radius 2 is 2.32 bits per heavy atom. The first kappa shape index (κ1) is 18.9. The van der Waals surface area contributed by atoms with Gasteiger partial charge in [0.1, 0.15) is 5.75 Å². The lowest BCUT2D eigenvalue weighted by atomic mass is 10.0. The van der Waals surface area contributed by atoms with Gasteiger partial charge in [0.05, 0.1) is 18.4 Å². The quantitative estimate of drug-likeness (QED) is 0.457. The van der Waals surface area contributed by atoms with Crippen molar-refractivity contribution < 1.29 is 13.5 Å². The van der Waals surface area contributed by atoms with Crippen molar-refractivity contribution in [2.24, 2.45) is 16.6 Å². The number of piperidine rings is 1. The number of hydrogen-bond donors (Lipinski definition) is 1. The van der Waals surface area contributed by atoms with E-state index in [0.29, 0.717) is 24.1 Å². The highest BCUT2D eigenvalue weighted by atomic mass is 127. The molecular formula is C14H21F2IN4O. The molecule has 1 aromatic heterocycles. The Labute approximate surface area is 146 Å². The van der Waals surface area contributed by atoms with Gasteiger partial charge in [0.25, 0.3) is 0 Å². The van der Waals surface area contributed by atoms with Gasteiger partial charge < -0.3 is 15.4 Å². The second-order valence-electron chi connectivity index (χ2n) is 5.23. The van der Waals surface area contributed by atoms with Crippen LogP contribution in [-0.2, 0) is 6.54 Å². The van der Waals surface area contributed by atoms with E-state index in [4.69, 9.17) is 5.73 Å². The first-order valence-electron chi connectivity index (χ1n) is 6.99. The third-order valence-electron chi connectivity index (χ3n) is 3.41. The first-order valence-corrected chi connectivity index (χ1v) is 6.99. The predicted octanol–water partition coefficient (Wildman–Crippen LogP) is 2.85. The van der Waals surface area contributed by atoms with E-state index >= 15 is 0 Å². The number of alkyl halides is 2. The van der Waals surface area contributed by atoms with Gasteiger partial charge in [-0.15, -0.1) is 24.0 Å². The van der Waals surface area contributed by atoms with Crippen LogP contribution in [-0.4, -0.2) is 35.5 Å². The fraction of sp³-hybridized carbons (Fsp3) is 0.571. The summed E-state index contributed by atoms with van der Waals surface area (Å²) in [5, 5.41) is 0. The molecule has 1 unspecified atom stereocenters. The zero-order chi connectivity index (χ0) is 15.2. The van der Waals surface area contributed by atoms with Crippen LogP contribution < -0.4 is 10.5 Å². The smallest absolute Gasteiger partial charge is 0.387 e. The van der Waals surface area contributed by atoms with Crippen LogP contribution >= 0.6 is 24.0 Å². The molecule has 22 heavy (non-hydrogen) atoms. The monoisotopic (exact) mass is 426 g/mol. The van der Waals surface area contributed by atoms with Gasteiger partial charge >= 0.3 is 6.61 Å². The number of aromatic nitrogens is 1. The Hall–Kier alpha value is -1.19.